The van der Waals surface area contributed by atoms with E-state index in [1.807, 2.05) is 0 Å². The van der Waals surface area contributed by atoms with Crippen LogP contribution in [-0.4, -0.2) is 17.7 Å². The average molecular weight is 465 g/mol. The van der Waals surface area contributed by atoms with Crippen LogP contribution in [0.15, 0.2) is 101 Å². The summed E-state index contributed by atoms with van der Waals surface area (Å²) >= 11 is 0. The van der Waals surface area contributed by atoms with E-state index in [4.69, 9.17) is 4.99 Å². The van der Waals surface area contributed by atoms with E-state index in [1.54, 1.807) is 0 Å². The van der Waals surface area contributed by atoms with Gasteiger partial charge in [-0.25, -0.2) is 0 Å². The summed E-state index contributed by atoms with van der Waals surface area (Å²) in [5.74, 6) is 0.322. The van der Waals surface area contributed by atoms with Crippen molar-refractivity contribution in [3.63, 3.8) is 0 Å². The van der Waals surface area contributed by atoms with Gasteiger partial charge in [-0.05, 0) is 91.3 Å². The molecule has 0 fully saturated rings. The van der Waals surface area contributed by atoms with Gasteiger partial charge < -0.3 is 4.90 Å². The molecule has 1 atom stereocenters. The Kier molecular flexibility index (Phi) is 7.90. The van der Waals surface area contributed by atoms with E-state index in [9.17, 15) is 0 Å². The molecular weight excluding hydrogens is 424 g/mol. The monoisotopic (exact) mass is 464 g/mol. The number of allylic oxidation sites excluding steroid dienone is 5. The van der Waals surface area contributed by atoms with Crippen LogP contribution >= 0.6 is 0 Å². The minimum atomic E-state index is 0.322. The number of aliphatic imine (C=N–C) groups is 1. The molecule has 0 spiro atoms. The Labute approximate surface area is 212 Å². The number of fused-ring (bicyclic) bond motifs is 3. The standard InChI is InChI=1S/C33H40N2/c1-7-24(4)35(6)25(5)22-26(8-2)33(32-21-20-23(3)34-32)31-19-13-15-27-14-9-10-16-28(27)29-17-11-12-18-30(29)31/h9-12,14,16-18,22,31H,4-5,7-8,13,15,19-21H2,1-3,6H3/b26-22+,33-32+. The molecule has 1 unspecified atom stereocenters. The molecular formula is C33H40N2. The normalized spacial score (nSPS) is 19.1. The molecule has 0 aromatic heterocycles. The summed E-state index contributed by atoms with van der Waals surface area (Å²) in [5, 5.41) is 0. The molecule has 182 valence electrons. The number of hydrogen-bond donors (Lipinski definition) is 0. The minimum Gasteiger partial charge on any atom is -0.349 e. The predicted molar refractivity (Wildman–Crippen MR) is 152 cm³/mol. The van der Waals surface area contributed by atoms with E-state index in [0.717, 1.165) is 49.9 Å². The first-order chi connectivity index (χ1) is 16.9. The molecule has 2 aromatic rings. The Hall–Kier alpha value is -3.13. The Morgan fingerprint density at radius 1 is 0.971 bits per heavy atom. The van der Waals surface area contributed by atoms with Gasteiger partial charge in [0, 0.05) is 35.8 Å². The number of hydrogen-bond acceptors (Lipinski definition) is 2. The number of nitrogens with zero attached hydrogens (tertiary/aromatic N) is 2. The van der Waals surface area contributed by atoms with Crippen molar-refractivity contribution in [2.24, 2.45) is 4.99 Å². The van der Waals surface area contributed by atoms with Crippen LogP contribution in [0.5, 0.6) is 0 Å². The number of benzene rings is 2. The number of likely N-dealkylation sites (N-methyl/N-ethyl adjacent to an activating group) is 1. The summed E-state index contributed by atoms with van der Waals surface area (Å²) < 4.78 is 0. The average Bonchev–Trinajstić information content (AvgIpc) is 3.30. The number of rotatable bonds is 7. The zero-order valence-corrected chi connectivity index (χ0v) is 22.0. The summed E-state index contributed by atoms with van der Waals surface area (Å²) in [6.45, 7) is 15.2. The van der Waals surface area contributed by atoms with E-state index in [2.05, 4.69) is 100 Å². The molecule has 4 rings (SSSR count). The van der Waals surface area contributed by atoms with Crippen molar-refractivity contribution in [1.82, 2.24) is 4.90 Å². The maximum absolute atomic E-state index is 5.10. The van der Waals surface area contributed by atoms with Crippen molar-refractivity contribution < 1.29 is 0 Å². The zero-order valence-electron chi connectivity index (χ0n) is 22.0. The largest absolute Gasteiger partial charge is 0.349 e. The highest BCUT2D eigenvalue weighted by Crippen LogP contribution is 2.45. The maximum Gasteiger partial charge on any atom is 0.0447 e. The topological polar surface area (TPSA) is 15.6 Å². The van der Waals surface area contributed by atoms with Gasteiger partial charge in [0.05, 0.1) is 0 Å². The van der Waals surface area contributed by atoms with Gasteiger partial charge in [0.15, 0.2) is 0 Å². The summed E-state index contributed by atoms with van der Waals surface area (Å²) in [7, 11) is 2.07. The Balaban J connectivity index is 1.89. The molecule has 0 N–H and O–H groups in total. The second-order valence-corrected chi connectivity index (χ2v) is 9.89. The fraction of sp³-hybridized carbons (Fsp3) is 0.364. The quantitative estimate of drug-likeness (QED) is 0.373. The molecule has 2 aromatic carbocycles. The molecule has 2 nitrogen and oxygen atoms in total. The lowest BCUT2D eigenvalue weighted by Gasteiger charge is -2.30. The third-order valence-electron chi connectivity index (χ3n) is 7.67. The summed E-state index contributed by atoms with van der Waals surface area (Å²) in [6, 6.07) is 18.0. The van der Waals surface area contributed by atoms with Gasteiger partial charge in [-0.15, -0.1) is 0 Å². The summed E-state index contributed by atoms with van der Waals surface area (Å²) in [4.78, 5) is 7.23. The molecule has 2 aliphatic rings. The van der Waals surface area contributed by atoms with E-state index in [1.165, 1.54) is 51.2 Å². The molecule has 0 saturated carbocycles. The van der Waals surface area contributed by atoms with Gasteiger partial charge in [-0.3, -0.25) is 4.99 Å². The second-order valence-electron chi connectivity index (χ2n) is 9.89. The predicted octanol–water partition coefficient (Wildman–Crippen LogP) is 8.99. The molecule has 1 heterocycles. The minimum absolute atomic E-state index is 0.322. The fourth-order valence-electron chi connectivity index (χ4n) is 5.55. The number of aryl methyl sites for hydroxylation is 1. The van der Waals surface area contributed by atoms with Crippen molar-refractivity contribution >= 4 is 5.71 Å². The van der Waals surface area contributed by atoms with Gasteiger partial charge in [0.1, 0.15) is 0 Å². The van der Waals surface area contributed by atoms with Crippen LogP contribution in [-0.2, 0) is 6.42 Å². The van der Waals surface area contributed by atoms with Crippen molar-refractivity contribution in [3.8, 4) is 11.1 Å². The molecule has 0 saturated heterocycles. The van der Waals surface area contributed by atoms with Crippen molar-refractivity contribution in [2.45, 2.75) is 71.6 Å². The van der Waals surface area contributed by atoms with E-state index in [-0.39, 0.29) is 0 Å². The lowest BCUT2D eigenvalue weighted by Crippen LogP contribution is -2.16. The highest BCUT2D eigenvalue weighted by atomic mass is 15.1. The molecule has 2 heteroatoms. The fourth-order valence-corrected chi connectivity index (χ4v) is 5.55. The Morgan fingerprint density at radius 3 is 2.37 bits per heavy atom. The van der Waals surface area contributed by atoms with Crippen LogP contribution in [0, 0.1) is 0 Å². The SMILES string of the molecule is C=C(/C=C(CC)/C(=C1/CCC(C)=N1)C1CCCc2ccccc2-c2ccccc21)N(C)C(=C)CC. The molecule has 0 amide bonds. The van der Waals surface area contributed by atoms with E-state index >= 15 is 0 Å². The Morgan fingerprint density at radius 2 is 1.69 bits per heavy atom. The van der Waals surface area contributed by atoms with Crippen LogP contribution < -0.4 is 0 Å². The van der Waals surface area contributed by atoms with Crippen LogP contribution in [0.25, 0.3) is 11.1 Å². The van der Waals surface area contributed by atoms with Crippen molar-refractivity contribution in [3.05, 3.63) is 107 Å². The molecule has 35 heavy (non-hydrogen) atoms. The Bertz CT molecular complexity index is 1210. The highest BCUT2D eigenvalue weighted by molar-refractivity contribution is 5.85. The third kappa shape index (κ3) is 5.27. The van der Waals surface area contributed by atoms with Crippen molar-refractivity contribution in [2.75, 3.05) is 7.05 Å². The molecule has 0 bridgehead atoms. The second kappa shape index (κ2) is 11.1. The van der Waals surface area contributed by atoms with Gasteiger partial charge in [0.2, 0.25) is 0 Å². The van der Waals surface area contributed by atoms with Crippen LogP contribution in [0.4, 0.5) is 0 Å². The van der Waals surface area contributed by atoms with Gasteiger partial charge in [-0.1, -0.05) is 75.5 Å². The molecule has 1 aliphatic carbocycles. The van der Waals surface area contributed by atoms with Crippen LogP contribution in [0.2, 0.25) is 0 Å². The summed E-state index contributed by atoms with van der Waals surface area (Å²) in [5.41, 5.74) is 13.0. The first-order valence-corrected chi connectivity index (χ1v) is 13.2. The zero-order chi connectivity index (χ0) is 24.9. The van der Waals surface area contributed by atoms with E-state index in [0.29, 0.717) is 5.92 Å². The smallest absolute Gasteiger partial charge is 0.0447 e. The van der Waals surface area contributed by atoms with Crippen LogP contribution in [0.3, 0.4) is 0 Å². The van der Waals surface area contributed by atoms with Crippen LogP contribution in [0.1, 0.15) is 76.3 Å². The third-order valence-corrected chi connectivity index (χ3v) is 7.67. The first-order valence-electron chi connectivity index (χ1n) is 13.2. The van der Waals surface area contributed by atoms with E-state index < -0.39 is 0 Å². The highest BCUT2D eigenvalue weighted by Gasteiger charge is 2.28. The van der Waals surface area contributed by atoms with Gasteiger partial charge in [-0.2, -0.15) is 0 Å². The molecule has 1 aliphatic heterocycles. The van der Waals surface area contributed by atoms with Gasteiger partial charge in [0.25, 0.3) is 0 Å². The lowest BCUT2D eigenvalue weighted by atomic mass is 9.75. The first kappa shape index (κ1) is 25.0. The summed E-state index contributed by atoms with van der Waals surface area (Å²) in [6.07, 6.45) is 9.65. The molecule has 0 radical (unpaired) electrons. The van der Waals surface area contributed by atoms with Crippen molar-refractivity contribution in [1.29, 1.82) is 0 Å². The maximum atomic E-state index is 5.10. The lowest BCUT2D eigenvalue weighted by molar-refractivity contribution is 0.520. The van der Waals surface area contributed by atoms with Gasteiger partial charge >= 0.3 is 0 Å².